The molecule has 0 aliphatic heterocycles. The number of aromatic nitrogens is 1. The fourth-order valence-electron chi connectivity index (χ4n) is 1.51. The zero-order valence-corrected chi connectivity index (χ0v) is 10.6. The molecule has 0 amide bonds. The van der Waals surface area contributed by atoms with Crippen LogP contribution in [0.5, 0.6) is 5.75 Å². The Morgan fingerprint density at radius 1 is 1.50 bits per heavy atom. The molecule has 1 aromatic heterocycles. The maximum Gasteiger partial charge on any atom is 0.184 e. The molecule has 92 valence electrons. The molecule has 6 heteroatoms. The van der Waals surface area contributed by atoms with E-state index < -0.39 is 5.82 Å². The van der Waals surface area contributed by atoms with Gasteiger partial charge in [-0.05, 0) is 18.2 Å². The van der Waals surface area contributed by atoms with Gasteiger partial charge in [0, 0.05) is 12.6 Å². The molecule has 0 radical (unpaired) electrons. The lowest BCUT2D eigenvalue weighted by molar-refractivity contribution is 0.386. The minimum Gasteiger partial charge on any atom is -0.494 e. The molecule has 1 aromatic carbocycles. The van der Waals surface area contributed by atoms with Gasteiger partial charge in [0.25, 0.3) is 0 Å². The number of anilines is 1. The van der Waals surface area contributed by atoms with Crippen LogP contribution in [0.2, 0.25) is 0 Å². The molecular formula is C12H10FN3OS. The third-order valence-electron chi connectivity index (χ3n) is 2.37. The topological polar surface area (TPSA) is 57.9 Å². The molecule has 0 atom stereocenters. The van der Waals surface area contributed by atoms with E-state index in [1.165, 1.54) is 30.6 Å². The minimum atomic E-state index is -0.474. The lowest BCUT2D eigenvalue weighted by atomic mass is 10.1. The van der Waals surface area contributed by atoms with Crippen molar-refractivity contribution in [2.24, 2.45) is 0 Å². The molecule has 0 unspecified atom stereocenters. The lowest BCUT2D eigenvalue weighted by Crippen LogP contribution is -1.90. The van der Waals surface area contributed by atoms with Crippen molar-refractivity contribution >= 4 is 16.5 Å². The summed E-state index contributed by atoms with van der Waals surface area (Å²) in [5.74, 6) is -0.306. The normalized spacial score (nSPS) is 9.89. The molecule has 0 saturated carbocycles. The summed E-state index contributed by atoms with van der Waals surface area (Å²) >= 11 is 1.23. The molecule has 1 N–H and O–H groups in total. The molecule has 0 aliphatic rings. The van der Waals surface area contributed by atoms with Gasteiger partial charge < -0.3 is 10.1 Å². The number of methoxy groups -OCH3 is 1. The highest BCUT2D eigenvalue weighted by Gasteiger charge is 2.14. The first-order chi connectivity index (χ1) is 8.69. The second kappa shape index (κ2) is 5.02. The van der Waals surface area contributed by atoms with Gasteiger partial charge in [-0.15, -0.1) is 0 Å². The number of thiazole rings is 1. The standard InChI is InChI=1S/C12H10FN3OS/c1-15-12-16-11(10(6-14)18-12)7-3-4-9(17-2)8(13)5-7/h3-5H,1-2H3,(H,15,16). The van der Waals surface area contributed by atoms with Crippen molar-refractivity contribution in [3.63, 3.8) is 0 Å². The average Bonchev–Trinajstić information content (AvgIpc) is 2.82. The van der Waals surface area contributed by atoms with Gasteiger partial charge in [-0.3, -0.25) is 0 Å². The van der Waals surface area contributed by atoms with E-state index in [9.17, 15) is 4.39 Å². The van der Waals surface area contributed by atoms with E-state index in [1.54, 1.807) is 13.1 Å². The van der Waals surface area contributed by atoms with Crippen LogP contribution in [-0.4, -0.2) is 19.1 Å². The monoisotopic (exact) mass is 263 g/mol. The summed E-state index contributed by atoms with van der Waals surface area (Å²) < 4.78 is 18.5. The van der Waals surface area contributed by atoms with Crippen molar-refractivity contribution < 1.29 is 9.13 Å². The molecule has 0 bridgehead atoms. The highest BCUT2D eigenvalue weighted by atomic mass is 32.1. The Morgan fingerprint density at radius 2 is 2.28 bits per heavy atom. The van der Waals surface area contributed by atoms with Crippen molar-refractivity contribution in [2.45, 2.75) is 0 Å². The number of rotatable bonds is 3. The molecule has 1 heterocycles. The van der Waals surface area contributed by atoms with E-state index in [0.29, 0.717) is 21.3 Å². The maximum atomic E-state index is 13.6. The van der Waals surface area contributed by atoms with Gasteiger partial charge >= 0.3 is 0 Å². The number of hydrogen-bond donors (Lipinski definition) is 1. The molecule has 2 aromatic rings. The van der Waals surface area contributed by atoms with Gasteiger partial charge in [-0.1, -0.05) is 11.3 Å². The van der Waals surface area contributed by atoms with E-state index in [2.05, 4.69) is 16.4 Å². The molecule has 18 heavy (non-hydrogen) atoms. The first-order valence-electron chi connectivity index (χ1n) is 5.12. The lowest BCUT2D eigenvalue weighted by Gasteiger charge is -2.03. The fraction of sp³-hybridized carbons (Fsp3) is 0.167. The summed E-state index contributed by atoms with van der Waals surface area (Å²) in [6, 6.07) is 6.57. The van der Waals surface area contributed by atoms with Gasteiger partial charge in [0.2, 0.25) is 0 Å². The summed E-state index contributed by atoms with van der Waals surface area (Å²) in [6.07, 6.45) is 0. The van der Waals surface area contributed by atoms with Gasteiger partial charge in [0.05, 0.1) is 7.11 Å². The van der Waals surface area contributed by atoms with Gasteiger partial charge in [-0.25, -0.2) is 9.37 Å². The first kappa shape index (κ1) is 12.3. The summed E-state index contributed by atoms with van der Waals surface area (Å²) in [6.45, 7) is 0. The Morgan fingerprint density at radius 3 is 2.83 bits per heavy atom. The number of hydrogen-bond acceptors (Lipinski definition) is 5. The van der Waals surface area contributed by atoms with Gasteiger partial charge in [0.15, 0.2) is 16.7 Å². The van der Waals surface area contributed by atoms with Crippen molar-refractivity contribution in [2.75, 3.05) is 19.5 Å². The van der Waals surface area contributed by atoms with E-state index in [4.69, 9.17) is 10.00 Å². The summed E-state index contributed by atoms with van der Waals surface area (Å²) in [5, 5.41) is 12.5. The third kappa shape index (κ3) is 2.13. The Labute approximate surface area is 108 Å². The van der Waals surface area contributed by atoms with Crippen LogP contribution in [0, 0.1) is 17.1 Å². The van der Waals surface area contributed by atoms with Crippen LogP contribution in [0.15, 0.2) is 18.2 Å². The Hall–Kier alpha value is -2.13. The van der Waals surface area contributed by atoms with Gasteiger partial charge in [0.1, 0.15) is 16.6 Å². The Bertz CT molecular complexity index is 618. The van der Waals surface area contributed by atoms with Crippen molar-refractivity contribution in [3.8, 4) is 23.1 Å². The summed E-state index contributed by atoms with van der Waals surface area (Å²) in [7, 11) is 3.12. The average molecular weight is 263 g/mol. The second-order valence-corrected chi connectivity index (χ2v) is 4.41. The molecular weight excluding hydrogens is 253 g/mol. The molecule has 0 fully saturated rings. The van der Waals surface area contributed by atoms with Crippen LogP contribution in [0.1, 0.15) is 4.88 Å². The van der Waals surface area contributed by atoms with Crippen LogP contribution in [0.4, 0.5) is 9.52 Å². The van der Waals surface area contributed by atoms with Crippen LogP contribution in [0.3, 0.4) is 0 Å². The van der Waals surface area contributed by atoms with Crippen LogP contribution < -0.4 is 10.1 Å². The third-order valence-corrected chi connectivity index (χ3v) is 3.35. The number of benzene rings is 1. The van der Waals surface area contributed by atoms with Crippen LogP contribution >= 0.6 is 11.3 Å². The molecule has 0 saturated heterocycles. The van der Waals surface area contributed by atoms with E-state index in [-0.39, 0.29) is 5.75 Å². The Kier molecular flexibility index (Phi) is 3.44. The van der Waals surface area contributed by atoms with Crippen LogP contribution in [-0.2, 0) is 0 Å². The molecule has 2 rings (SSSR count). The highest BCUT2D eigenvalue weighted by molar-refractivity contribution is 7.16. The number of nitrogens with one attached hydrogen (secondary N) is 1. The number of nitriles is 1. The highest BCUT2D eigenvalue weighted by Crippen LogP contribution is 2.32. The fourth-order valence-corrected chi connectivity index (χ4v) is 2.25. The van der Waals surface area contributed by atoms with Crippen molar-refractivity contribution in [1.82, 2.24) is 4.98 Å². The van der Waals surface area contributed by atoms with E-state index >= 15 is 0 Å². The minimum absolute atomic E-state index is 0.168. The largest absolute Gasteiger partial charge is 0.494 e. The Balaban J connectivity index is 2.52. The molecule has 0 spiro atoms. The van der Waals surface area contributed by atoms with Gasteiger partial charge in [-0.2, -0.15) is 5.26 Å². The number of nitrogens with zero attached hydrogens (tertiary/aromatic N) is 2. The van der Waals surface area contributed by atoms with Crippen LogP contribution in [0.25, 0.3) is 11.3 Å². The smallest absolute Gasteiger partial charge is 0.184 e. The molecule has 0 aliphatic carbocycles. The van der Waals surface area contributed by atoms with Crippen molar-refractivity contribution in [1.29, 1.82) is 5.26 Å². The van der Waals surface area contributed by atoms with Crippen molar-refractivity contribution in [3.05, 3.63) is 28.9 Å². The van der Waals surface area contributed by atoms with E-state index in [1.807, 2.05) is 0 Å². The first-order valence-corrected chi connectivity index (χ1v) is 5.93. The maximum absolute atomic E-state index is 13.6. The predicted molar refractivity (Wildman–Crippen MR) is 68.3 cm³/mol. The number of ether oxygens (including phenoxy) is 1. The van der Waals surface area contributed by atoms with E-state index in [0.717, 1.165) is 0 Å². The zero-order chi connectivity index (χ0) is 13.1. The number of halogens is 1. The SMILES string of the molecule is CNc1nc(-c2ccc(OC)c(F)c2)c(C#N)s1. The quantitative estimate of drug-likeness (QED) is 0.925. The second-order valence-electron chi connectivity index (χ2n) is 3.41. The molecule has 4 nitrogen and oxygen atoms in total. The predicted octanol–water partition coefficient (Wildman–Crippen LogP) is 2.87. The summed E-state index contributed by atoms with van der Waals surface area (Å²) in [5.41, 5.74) is 1.04. The zero-order valence-electron chi connectivity index (χ0n) is 9.82. The summed E-state index contributed by atoms with van der Waals surface area (Å²) in [4.78, 5) is 4.69.